The summed E-state index contributed by atoms with van der Waals surface area (Å²) >= 11 is 0. The summed E-state index contributed by atoms with van der Waals surface area (Å²) in [6.07, 6.45) is 4.00. The van der Waals surface area contributed by atoms with Gasteiger partial charge in [-0.3, -0.25) is 4.79 Å². The molecule has 31 heavy (non-hydrogen) atoms. The van der Waals surface area contributed by atoms with Crippen LogP contribution in [0.15, 0.2) is 81.0 Å². The van der Waals surface area contributed by atoms with Gasteiger partial charge in [0.1, 0.15) is 5.76 Å². The highest BCUT2D eigenvalue weighted by molar-refractivity contribution is 14.0. The van der Waals surface area contributed by atoms with E-state index in [0.29, 0.717) is 38.5 Å². The van der Waals surface area contributed by atoms with E-state index < -0.39 is 0 Å². The monoisotopic (exact) mass is 534 g/mol. The molecule has 1 aliphatic heterocycles. The molecule has 0 atom stereocenters. The number of halogens is 1. The Labute approximate surface area is 199 Å². The van der Waals surface area contributed by atoms with Crippen molar-refractivity contribution in [3.8, 4) is 0 Å². The van der Waals surface area contributed by atoms with Crippen LogP contribution in [0.4, 0.5) is 0 Å². The molecule has 7 nitrogen and oxygen atoms in total. The van der Waals surface area contributed by atoms with Crippen molar-refractivity contribution in [1.82, 2.24) is 15.1 Å². The lowest BCUT2D eigenvalue weighted by atomic mass is 10.2. The number of carbonyl (C=O) groups excluding carboxylic acids is 1. The predicted molar refractivity (Wildman–Crippen MR) is 130 cm³/mol. The van der Waals surface area contributed by atoms with Crippen LogP contribution in [0.1, 0.15) is 21.9 Å². The minimum absolute atomic E-state index is 0. The number of benzene rings is 1. The number of furan rings is 2. The van der Waals surface area contributed by atoms with Crippen LogP contribution in [-0.2, 0) is 13.0 Å². The first-order valence-corrected chi connectivity index (χ1v) is 10.2. The standard InChI is InChI=1S/C23H26N4O3.HI/c28-22(21-9-5-17-30-21)26-12-14-27(15-13-26)23(24-11-10-20-8-4-16-29-20)25-18-19-6-2-1-3-7-19;/h1-9,16-17H,10-15,18H2,(H,24,25);1H. The van der Waals surface area contributed by atoms with Gasteiger partial charge in [-0.1, -0.05) is 30.3 Å². The number of amides is 1. The summed E-state index contributed by atoms with van der Waals surface area (Å²) in [7, 11) is 0. The van der Waals surface area contributed by atoms with E-state index in [1.807, 2.05) is 35.2 Å². The summed E-state index contributed by atoms with van der Waals surface area (Å²) in [6, 6.07) is 17.5. The maximum atomic E-state index is 12.5. The second-order valence-electron chi connectivity index (χ2n) is 7.14. The average molecular weight is 534 g/mol. The Morgan fingerprint density at radius 2 is 1.61 bits per heavy atom. The van der Waals surface area contributed by atoms with Crippen molar-refractivity contribution in [3.05, 3.63) is 84.2 Å². The molecule has 0 saturated carbocycles. The highest BCUT2D eigenvalue weighted by Gasteiger charge is 2.25. The topological polar surface area (TPSA) is 74.2 Å². The van der Waals surface area contributed by atoms with Crippen molar-refractivity contribution in [2.24, 2.45) is 4.99 Å². The Kier molecular flexibility index (Phi) is 8.57. The lowest BCUT2D eigenvalue weighted by molar-refractivity contribution is 0.0657. The summed E-state index contributed by atoms with van der Waals surface area (Å²) < 4.78 is 10.7. The van der Waals surface area contributed by atoms with Crippen LogP contribution < -0.4 is 5.32 Å². The third-order valence-corrected chi connectivity index (χ3v) is 5.09. The first-order chi connectivity index (χ1) is 14.8. The fraction of sp³-hybridized carbons (Fsp3) is 0.304. The molecule has 0 bridgehead atoms. The highest BCUT2D eigenvalue weighted by atomic mass is 127. The largest absolute Gasteiger partial charge is 0.469 e. The van der Waals surface area contributed by atoms with Crippen LogP contribution >= 0.6 is 24.0 Å². The summed E-state index contributed by atoms with van der Waals surface area (Å²) in [4.78, 5) is 21.4. The molecule has 2 aromatic heterocycles. The highest BCUT2D eigenvalue weighted by Crippen LogP contribution is 2.10. The summed E-state index contributed by atoms with van der Waals surface area (Å²) in [5.74, 6) is 2.13. The summed E-state index contributed by atoms with van der Waals surface area (Å²) in [5.41, 5.74) is 1.16. The fourth-order valence-corrected chi connectivity index (χ4v) is 3.45. The SMILES string of the molecule is I.O=C(c1ccco1)N1CCN(C(=NCc2ccccc2)NCCc2ccco2)CC1. The molecular formula is C23H27IN4O3. The van der Waals surface area contributed by atoms with E-state index in [2.05, 4.69) is 22.3 Å². The van der Waals surface area contributed by atoms with Crippen molar-refractivity contribution in [2.45, 2.75) is 13.0 Å². The number of hydrogen-bond donors (Lipinski definition) is 1. The quantitative estimate of drug-likeness (QED) is 0.297. The molecule has 0 radical (unpaired) electrons. The molecule has 164 valence electrons. The number of carbonyl (C=O) groups is 1. The molecule has 0 aliphatic carbocycles. The van der Waals surface area contributed by atoms with Gasteiger partial charge in [-0.25, -0.2) is 4.99 Å². The minimum atomic E-state index is -0.0618. The molecule has 1 N–H and O–H groups in total. The number of hydrogen-bond acceptors (Lipinski definition) is 4. The van der Waals surface area contributed by atoms with Gasteiger partial charge in [-0.15, -0.1) is 24.0 Å². The molecule has 0 spiro atoms. The first kappa shape index (κ1) is 22.9. The van der Waals surface area contributed by atoms with E-state index in [1.54, 1.807) is 18.4 Å². The van der Waals surface area contributed by atoms with Crippen LogP contribution in [0.5, 0.6) is 0 Å². The molecule has 4 rings (SSSR count). The van der Waals surface area contributed by atoms with Crippen molar-refractivity contribution in [1.29, 1.82) is 0 Å². The van der Waals surface area contributed by atoms with Crippen LogP contribution in [0.25, 0.3) is 0 Å². The van der Waals surface area contributed by atoms with Crippen LogP contribution in [0.2, 0.25) is 0 Å². The van der Waals surface area contributed by atoms with Gasteiger partial charge in [0.2, 0.25) is 0 Å². The van der Waals surface area contributed by atoms with Gasteiger partial charge in [0.15, 0.2) is 11.7 Å². The number of piperazine rings is 1. The lowest BCUT2D eigenvalue weighted by Crippen LogP contribution is -2.54. The van der Waals surface area contributed by atoms with Crippen LogP contribution in [0.3, 0.4) is 0 Å². The number of nitrogens with zero attached hydrogens (tertiary/aromatic N) is 3. The third kappa shape index (κ3) is 6.36. The molecule has 3 heterocycles. The summed E-state index contributed by atoms with van der Waals surface area (Å²) in [6.45, 7) is 4.03. The lowest BCUT2D eigenvalue weighted by Gasteiger charge is -2.36. The number of rotatable bonds is 6. The maximum Gasteiger partial charge on any atom is 0.289 e. The minimum Gasteiger partial charge on any atom is -0.469 e. The molecule has 1 saturated heterocycles. The molecule has 1 aromatic carbocycles. The van der Waals surface area contributed by atoms with E-state index in [4.69, 9.17) is 13.8 Å². The second-order valence-corrected chi connectivity index (χ2v) is 7.14. The van der Waals surface area contributed by atoms with Crippen LogP contribution in [0, 0.1) is 0 Å². The Morgan fingerprint density at radius 3 is 2.29 bits per heavy atom. The van der Waals surface area contributed by atoms with E-state index in [9.17, 15) is 4.79 Å². The van der Waals surface area contributed by atoms with E-state index >= 15 is 0 Å². The fourth-order valence-electron chi connectivity index (χ4n) is 3.45. The zero-order valence-electron chi connectivity index (χ0n) is 17.3. The van der Waals surface area contributed by atoms with Crippen molar-refractivity contribution < 1.29 is 13.6 Å². The van der Waals surface area contributed by atoms with E-state index in [0.717, 1.165) is 30.2 Å². The Hall–Kier alpha value is -2.75. The van der Waals surface area contributed by atoms with Gasteiger partial charge in [0, 0.05) is 39.1 Å². The molecule has 1 aliphatic rings. The Bertz CT molecular complexity index is 935. The average Bonchev–Trinajstić information content (AvgIpc) is 3.51. The van der Waals surface area contributed by atoms with Gasteiger partial charge in [0.05, 0.1) is 19.1 Å². The molecule has 1 amide bonds. The van der Waals surface area contributed by atoms with E-state index in [1.165, 1.54) is 6.26 Å². The maximum absolute atomic E-state index is 12.5. The Morgan fingerprint density at radius 1 is 0.903 bits per heavy atom. The number of nitrogens with one attached hydrogen (secondary N) is 1. The molecular weight excluding hydrogens is 507 g/mol. The molecule has 0 unspecified atom stereocenters. The third-order valence-electron chi connectivity index (χ3n) is 5.09. The molecule has 8 heteroatoms. The smallest absolute Gasteiger partial charge is 0.289 e. The van der Waals surface area contributed by atoms with Crippen LogP contribution in [-0.4, -0.2) is 54.4 Å². The van der Waals surface area contributed by atoms with Gasteiger partial charge in [0.25, 0.3) is 5.91 Å². The molecule has 1 fully saturated rings. The van der Waals surface area contributed by atoms with Crippen molar-refractivity contribution in [3.63, 3.8) is 0 Å². The van der Waals surface area contributed by atoms with Gasteiger partial charge in [-0.2, -0.15) is 0 Å². The normalized spacial score (nSPS) is 14.3. The Balaban J connectivity index is 0.00000272. The van der Waals surface area contributed by atoms with Crippen molar-refractivity contribution >= 4 is 35.8 Å². The van der Waals surface area contributed by atoms with Gasteiger partial charge in [-0.05, 0) is 29.8 Å². The molecule has 3 aromatic rings. The zero-order valence-corrected chi connectivity index (χ0v) is 19.6. The summed E-state index contributed by atoms with van der Waals surface area (Å²) in [5, 5.41) is 3.46. The van der Waals surface area contributed by atoms with Crippen molar-refractivity contribution in [2.75, 3.05) is 32.7 Å². The second kappa shape index (κ2) is 11.6. The zero-order chi connectivity index (χ0) is 20.6. The van der Waals surface area contributed by atoms with Gasteiger partial charge < -0.3 is 24.0 Å². The van der Waals surface area contributed by atoms with E-state index in [-0.39, 0.29) is 29.9 Å². The predicted octanol–water partition coefficient (Wildman–Crippen LogP) is 3.64. The number of guanidine groups is 1. The number of aliphatic imine (C=N–C) groups is 1. The van der Waals surface area contributed by atoms with Gasteiger partial charge >= 0.3 is 0 Å². The first-order valence-electron chi connectivity index (χ1n) is 10.2.